The molecule has 1 aliphatic rings. The van der Waals surface area contributed by atoms with Crippen molar-refractivity contribution in [2.24, 2.45) is 0 Å². The van der Waals surface area contributed by atoms with Crippen LogP contribution in [-0.2, 0) is 6.42 Å². The van der Waals surface area contributed by atoms with Gasteiger partial charge in [-0.05, 0) is 41.7 Å². The zero-order chi connectivity index (χ0) is 13.4. The van der Waals surface area contributed by atoms with Crippen LogP contribution >= 0.6 is 0 Å². The van der Waals surface area contributed by atoms with Crippen molar-refractivity contribution >= 4 is 0 Å². The van der Waals surface area contributed by atoms with Crippen LogP contribution in [0, 0.1) is 23.0 Å². The van der Waals surface area contributed by atoms with E-state index in [1.54, 1.807) is 12.1 Å². The normalized spacial score (nSPS) is 17.0. The van der Waals surface area contributed by atoms with Gasteiger partial charge in [-0.15, -0.1) is 0 Å². The smallest absolute Gasteiger partial charge is 0.133 e. The van der Waals surface area contributed by atoms with Crippen molar-refractivity contribution in [3.63, 3.8) is 0 Å². The van der Waals surface area contributed by atoms with E-state index in [-0.39, 0.29) is 11.5 Å². The van der Waals surface area contributed by atoms with Crippen LogP contribution in [-0.4, -0.2) is 0 Å². The van der Waals surface area contributed by atoms with E-state index < -0.39 is 11.6 Å². The maximum Gasteiger partial charge on any atom is 0.133 e. The number of nitriles is 1. The van der Waals surface area contributed by atoms with Gasteiger partial charge < -0.3 is 0 Å². The Morgan fingerprint density at radius 3 is 2.42 bits per heavy atom. The van der Waals surface area contributed by atoms with Gasteiger partial charge in [0.25, 0.3) is 0 Å². The maximum absolute atomic E-state index is 13.9. The van der Waals surface area contributed by atoms with Gasteiger partial charge in [0.2, 0.25) is 0 Å². The van der Waals surface area contributed by atoms with Gasteiger partial charge in [-0.3, -0.25) is 0 Å². The zero-order valence-corrected chi connectivity index (χ0v) is 10.2. The molecule has 1 nitrogen and oxygen atoms in total. The number of hydrogen-bond donors (Lipinski definition) is 0. The van der Waals surface area contributed by atoms with E-state index >= 15 is 0 Å². The fraction of sp³-hybridized carbons (Fsp3) is 0.188. The molecule has 0 spiro atoms. The van der Waals surface area contributed by atoms with Crippen molar-refractivity contribution in [2.75, 3.05) is 0 Å². The molecule has 3 heteroatoms. The quantitative estimate of drug-likeness (QED) is 0.749. The van der Waals surface area contributed by atoms with Gasteiger partial charge in [-0.2, -0.15) is 5.26 Å². The molecule has 1 unspecified atom stereocenters. The minimum Gasteiger partial charge on any atom is -0.206 e. The number of hydrogen-bond acceptors (Lipinski definition) is 1. The predicted molar refractivity (Wildman–Crippen MR) is 68.5 cm³/mol. The van der Waals surface area contributed by atoms with Crippen LogP contribution in [0.15, 0.2) is 36.4 Å². The van der Waals surface area contributed by atoms with Crippen LogP contribution in [0.3, 0.4) is 0 Å². The van der Waals surface area contributed by atoms with Crippen molar-refractivity contribution in [2.45, 2.75) is 18.8 Å². The summed E-state index contributed by atoms with van der Waals surface area (Å²) in [4.78, 5) is 0. The first-order chi connectivity index (χ1) is 9.22. The molecule has 0 fully saturated rings. The van der Waals surface area contributed by atoms with Crippen molar-refractivity contribution in [3.8, 4) is 17.2 Å². The molecule has 0 aliphatic heterocycles. The molecule has 94 valence electrons. The summed E-state index contributed by atoms with van der Waals surface area (Å²) in [5, 5.41) is 9.19. The number of benzene rings is 2. The lowest BCUT2D eigenvalue weighted by Crippen LogP contribution is -1.97. The molecule has 0 amide bonds. The molecule has 0 heterocycles. The van der Waals surface area contributed by atoms with Crippen LogP contribution in [0.5, 0.6) is 0 Å². The lowest BCUT2D eigenvalue weighted by atomic mass is 9.91. The molecule has 3 rings (SSSR count). The first-order valence-electron chi connectivity index (χ1n) is 6.18. The molecule has 0 bridgehead atoms. The van der Waals surface area contributed by atoms with Crippen molar-refractivity contribution in [1.82, 2.24) is 0 Å². The summed E-state index contributed by atoms with van der Waals surface area (Å²) in [6, 6.07) is 11.5. The van der Waals surface area contributed by atoms with Gasteiger partial charge in [0.05, 0.1) is 17.6 Å². The average molecular weight is 255 g/mol. The van der Waals surface area contributed by atoms with E-state index in [1.165, 1.54) is 18.2 Å². The molecule has 0 saturated heterocycles. The Morgan fingerprint density at radius 2 is 1.74 bits per heavy atom. The maximum atomic E-state index is 13.9. The second kappa shape index (κ2) is 4.47. The zero-order valence-electron chi connectivity index (χ0n) is 10.2. The summed E-state index contributed by atoms with van der Waals surface area (Å²) in [5.41, 5.74) is 2.29. The van der Waals surface area contributed by atoms with Crippen LogP contribution in [0.1, 0.15) is 23.5 Å². The second-order valence-corrected chi connectivity index (χ2v) is 4.70. The minimum absolute atomic E-state index is 0.0264. The second-order valence-electron chi connectivity index (χ2n) is 4.70. The third-order valence-corrected chi connectivity index (χ3v) is 3.64. The van der Waals surface area contributed by atoms with E-state index in [0.717, 1.165) is 24.0 Å². The number of aryl methyl sites for hydroxylation is 1. The van der Waals surface area contributed by atoms with Gasteiger partial charge in [0, 0.05) is 0 Å². The Balaban J connectivity index is 2.29. The molecule has 1 aliphatic carbocycles. The van der Waals surface area contributed by atoms with Gasteiger partial charge in [-0.1, -0.05) is 24.3 Å². The molecule has 19 heavy (non-hydrogen) atoms. The summed E-state index contributed by atoms with van der Waals surface area (Å²) in [7, 11) is 0. The Morgan fingerprint density at radius 1 is 1.05 bits per heavy atom. The highest BCUT2D eigenvalue weighted by molar-refractivity contribution is 5.72. The van der Waals surface area contributed by atoms with E-state index in [0.29, 0.717) is 5.56 Å². The van der Waals surface area contributed by atoms with Gasteiger partial charge in [0.15, 0.2) is 0 Å². The third-order valence-electron chi connectivity index (χ3n) is 3.64. The largest absolute Gasteiger partial charge is 0.206 e. The molecule has 0 saturated carbocycles. The third kappa shape index (κ3) is 1.80. The summed E-state index contributed by atoms with van der Waals surface area (Å²) in [6.07, 6.45) is 1.51. The van der Waals surface area contributed by atoms with Gasteiger partial charge in [0.1, 0.15) is 11.6 Å². The molecule has 2 aromatic carbocycles. The van der Waals surface area contributed by atoms with Crippen LogP contribution in [0.2, 0.25) is 0 Å². The lowest BCUT2D eigenvalue weighted by Gasteiger charge is -2.12. The van der Waals surface area contributed by atoms with Crippen molar-refractivity contribution in [3.05, 3.63) is 59.2 Å². The Kier molecular flexibility index (Phi) is 2.79. The predicted octanol–water partition coefficient (Wildman–Crippen LogP) is 4.19. The summed E-state index contributed by atoms with van der Waals surface area (Å²) in [5.74, 6) is -1.45. The van der Waals surface area contributed by atoms with Crippen molar-refractivity contribution < 1.29 is 8.78 Å². The highest BCUT2D eigenvalue weighted by Gasteiger charge is 2.27. The Bertz CT molecular complexity index is 665. The molecule has 0 N–H and O–H groups in total. The van der Waals surface area contributed by atoms with E-state index in [9.17, 15) is 14.0 Å². The van der Waals surface area contributed by atoms with Gasteiger partial charge >= 0.3 is 0 Å². The fourth-order valence-corrected chi connectivity index (χ4v) is 2.79. The Labute approximate surface area is 110 Å². The fourth-order valence-electron chi connectivity index (χ4n) is 2.79. The molecule has 1 atom stereocenters. The van der Waals surface area contributed by atoms with Crippen molar-refractivity contribution in [1.29, 1.82) is 5.26 Å². The number of nitrogens with zero attached hydrogens (tertiary/aromatic N) is 1. The number of fused-ring (bicyclic) bond motifs is 1. The van der Waals surface area contributed by atoms with E-state index in [1.807, 2.05) is 6.07 Å². The topological polar surface area (TPSA) is 23.8 Å². The molecular formula is C16H11F2N. The number of rotatable bonds is 1. The molecule has 0 aromatic heterocycles. The summed E-state index contributed by atoms with van der Waals surface area (Å²) < 4.78 is 27.8. The first-order valence-corrected chi connectivity index (χ1v) is 6.18. The minimum atomic E-state index is -0.586. The summed E-state index contributed by atoms with van der Waals surface area (Å²) >= 11 is 0. The highest BCUT2D eigenvalue weighted by Crippen LogP contribution is 2.41. The SMILES string of the molecule is N#CC1CCc2cccc(-c3c(F)cccc3F)c21. The van der Waals surface area contributed by atoms with Gasteiger partial charge in [-0.25, -0.2) is 8.78 Å². The van der Waals surface area contributed by atoms with Crippen LogP contribution < -0.4 is 0 Å². The highest BCUT2D eigenvalue weighted by atomic mass is 19.1. The molecule has 0 radical (unpaired) electrons. The average Bonchev–Trinajstić information content (AvgIpc) is 2.82. The molecule has 2 aromatic rings. The Hall–Kier alpha value is -2.21. The van der Waals surface area contributed by atoms with E-state index in [2.05, 4.69) is 6.07 Å². The van der Waals surface area contributed by atoms with E-state index in [4.69, 9.17) is 0 Å². The summed E-state index contributed by atoms with van der Waals surface area (Å²) in [6.45, 7) is 0. The molecular weight excluding hydrogens is 244 g/mol. The lowest BCUT2D eigenvalue weighted by molar-refractivity contribution is 0.589. The monoisotopic (exact) mass is 255 g/mol. The van der Waals surface area contributed by atoms with Crippen LogP contribution in [0.25, 0.3) is 11.1 Å². The van der Waals surface area contributed by atoms with Crippen LogP contribution in [0.4, 0.5) is 8.78 Å². The first kappa shape index (κ1) is 11.9. The standard InChI is InChI=1S/C16H11F2N/c17-13-5-2-6-14(18)16(13)12-4-1-3-10-7-8-11(9-19)15(10)12/h1-6,11H,7-8H2. The number of halogens is 2.